The molecule has 2 unspecified atom stereocenters. The highest BCUT2D eigenvalue weighted by atomic mass is 16.3. The molecule has 76 valence electrons. The average Bonchev–Trinajstić information content (AvgIpc) is 2.19. The minimum Gasteiger partial charge on any atom is -0.392 e. The van der Waals surface area contributed by atoms with Gasteiger partial charge in [0.2, 0.25) is 0 Å². The Hall–Kier alpha value is -1.09. The molecule has 0 aromatic carbocycles. The van der Waals surface area contributed by atoms with Crippen LogP contribution in [0, 0.1) is 5.41 Å². The summed E-state index contributed by atoms with van der Waals surface area (Å²) >= 11 is 0. The average molecular weight is 192 g/mol. The van der Waals surface area contributed by atoms with Gasteiger partial charge < -0.3 is 10.4 Å². The molecular formula is C11H16N2O. The van der Waals surface area contributed by atoms with Gasteiger partial charge in [-0.15, -0.1) is 0 Å². The van der Waals surface area contributed by atoms with Gasteiger partial charge in [-0.3, -0.25) is 4.98 Å². The van der Waals surface area contributed by atoms with Crippen molar-refractivity contribution in [2.24, 2.45) is 5.41 Å². The minimum absolute atomic E-state index is 0.0319. The summed E-state index contributed by atoms with van der Waals surface area (Å²) < 4.78 is 0. The third-order valence-electron chi connectivity index (χ3n) is 3.22. The first-order chi connectivity index (χ1) is 6.60. The monoisotopic (exact) mass is 192 g/mol. The molecule has 0 radical (unpaired) electrons. The van der Waals surface area contributed by atoms with Gasteiger partial charge in [0.15, 0.2) is 0 Å². The molecule has 0 bridgehead atoms. The fraction of sp³-hybridized carbons (Fsp3) is 0.545. The predicted octanol–water partition coefficient (Wildman–Crippen LogP) is 1.65. The second kappa shape index (κ2) is 3.24. The van der Waals surface area contributed by atoms with Crippen LogP contribution in [0.4, 0.5) is 5.69 Å². The summed E-state index contributed by atoms with van der Waals surface area (Å²) in [6.07, 6.45) is 4.20. The van der Waals surface area contributed by atoms with Gasteiger partial charge in [0.1, 0.15) is 0 Å². The third kappa shape index (κ3) is 1.48. The molecule has 0 saturated heterocycles. The highest BCUT2D eigenvalue weighted by molar-refractivity contribution is 5.42. The number of aromatic nitrogens is 1. The highest BCUT2D eigenvalue weighted by Crippen LogP contribution is 2.41. The van der Waals surface area contributed by atoms with Crippen molar-refractivity contribution in [1.82, 2.24) is 4.98 Å². The number of nitrogens with one attached hydrogen (secondary N) is 1. The van der Waals surface area contributed by atoms with Crippen molar-refractivity contribution in [3.63, 3.8) is 0 Å². The van der Waals surface area contributed by atoms with Crippen molar-refractivity contribution < 1.29 is 5.11 Å². The van der Waals surface area contributed by atoms with E-state index in [4.69, 9.17) is 0 Å². The van der Waals surface area contributed by atoms with Crippen LogP contribution in [-0.4, -0.2) is 22.2 Å². The molecule has 2 N–H and O–H groups in total. The van der Waals surface area contributed by atoms with Crippen molar-refractivity contribution in [2.75, 3.05) is 5.32 Å². The van der Waals surface area contributed by atoms with Crippen LogP contribution in [0.5, 0.6) is 0 Å². The molecule has 2 atom stereocenters. The van der Waals surface area contributed by atoms with E-state index in [1.54, 1.807) is 12.4 Å². The summed E-state index contributed by atoms with van der Waals surface area (Å²) in [5, 5.41) is 12.9. The van der Waals surface area contributed by atoms with Crippen LogP contribution in [-0.2, 0) is 0 Å². The van der Waals surface area contributed by atoms with E-state index in [0.717, 1.165) is 12.1 Å². The van der Waals surface area contributed by atoms with Crippen LogP contribution in [0.25, 0.3) is 0 Å². The van der Waals surface area contributed by atoms with E-state index in [0.29, 0.717) is 6.04 Å². The Balaban J connectivity index is 2.01. The second-order valence-corrected chi connectivity index (χ2v) is 4.51. The van der Waals surface area contributed by atoms with Crippen LogP contribution < -0.4 is 5.32 Å². The largest absolute Gasteiger partial charge is 0.392 e. The maximum atomic E-state index is 9.57. The van der Waals surface area contributed by atoms with E-state index in [1.807, 2.05) is 12.1 Å². The molecule has 0 amide bonds. The van der Waals surface area contributed by atoms with Gasteiger partial charge in [-0.25, -0.2) is 0 Å². The number of nitrogens with zero attached hydrogens (tertiary/aromatic N) is 1. The molecule has 1 fully saturated rings. The fourth-order valence-electron chi connectivity index (χ4n) is 1.80. The predicted molar refractivity (Wildman–Crippen MR) is 56.1 cm³/mol. The van der Waals surface area contributed by atoms with Gasteiger partial charge in [0.05, 0.1) is 11.8 Å². The summed E-state index contributed by atoms with van der Waals surface area (Å²) in [5.74, 6) is 0. The molecule has 1 heterocycles. The maximum Gasteiger partial charge on any atom is 0.0630 e. The number of hydrogen-bond acceptors (Lipinski definition) is 3. The molecule has 1 aliphatic rings. The maximum absolute atomic E-state index is 9.57. The summed E-state index contributed by atoms with van der Waals surface area (Å²) in [4.78, 5) is 4.04. The summed E-state index contributed by atoms with van der Waals surface area (Å²) in [7, 11) is 0. The van der Waals surface area contributed by atoms with Crippen molar-refractivity contribution in [3.8, 4) is 0 Å². The molecule has 1 aliphatic carbocycles. The topological polar surface area (TPSA) is 45.1 Å². The molecule has 1 aromatic heterocycles. The van der Waals surface area contributed by atoms with E-state index in [1.165, 1.54) is 0 Å². The Bertz CT molecular complexity index is 310. The number of hydrogen-bond donors (Lipinski definition) is 2. The first-order valence-corrected chi connectivity index (χ1v) is 4.95. The Morgan fingerprint density at radius 1 is 1.57 bits per heavy atom. The first-order valence-electron chi connectivity index (χ1n) is 4.95. The molecular weight excluding hydrogens is 176 g/mol. The Morgan fingerprint density at radius 3 is 2.86 bits per heavy atom. The number of rotatable bonds is 2. The number of aliphatic hydroxyl groups is 1. The van der Waals surface area contributed by atoms with Crippen LogP contribution >= 0.6 is 0 Å². The Morgan fingerprint density at radius 2 is 2.36 bits per heavy atom. The normalized spacial score (nSPS) is 29.4. The van der Waals surface area contributed by atoms with Gasteiger partial charge in [0, 0.05) is 23.9 Å². The van der Waals surface area contributed by atoms with E-state index in [9.17, 15) is 5.11 Å². The summed E-state index contributed by atoms with van der Waals surface area (Å²) in [6.45, 7) is 4.16. The zero-order valence-electron chi connectivity index (χ0n) is 8.57. The van der Waals surface area contributed by atoms with Crippen molar-refractivity contribution in [2.45, 2.75) is 32.4 Å². The third-order valence-corrected chi connectivity index (χ3v) is 3.22. The summed E-state index contributed by atoms with van der Waals surface area (Å²) in [6, 6.07) is 4.25. The summed E-state index contributed by atoms with van der Waals surface area (Å²) in [5.41, 5.74) is 0.994. The van der Waals surface area contributed by atoms with Crippen molar-refractivity contribution in [3.05, 3.63) is 24.5 Å². The number of pyridine rings is 1. The molecule has 1 aromatic rings. The highest BCUT2D eigenvalue weighted by Gasteiger charge is 2.47. The first kappa shape index (κ1) is 9.46. The zero-order chi connectivity index (χ0) is 10.2. The Labute approximate surface area is 84.2 Å². The lowest BCUT2D eigenvalue weighted by Gasteiger charge is -2.49. The number of aliphatic hydroxyl groups excluding tert-OH is 1. The van der Waals surface area contributed by atoms with Crippen LogP contribution in [0.15, 0.2) is 24.5 Å². The quantitative estimate of drug-likeness (QED) is 0.749. The van der Waals surface area contributed by atoms with Gasteiger partial charge in [-0.1, -0.05) is 13.8 Å². The lowest BCUT2D eigenvalue weighted by atomic mass is 9.64. The molecule has 0 aliphatic heterocycles. The molecule has 3 nitrogen and oxygen atoms in total. The minimum atomic E-state index is -0.184. The van der Waals surface area contributed by atoms with E-state index in [-0.39, 0.29) is 11.5 Å². The SMILES string of the molecule is CC1(C)C(O)CC1Nc1cccnc1. The molecule has 3 heteroatoms. The van der Waals surface area contributed by atoms with Gasteiger partial charge >= 0.3 is 0 Å². The lowest BCUT2D eigenvalue weighted by Crippen LogP contribution is -2.56. The second-order valence-electron chi connectivity index (χ2n) is 4.51. The van der Waals surface area contributed by atoms with Gasteiger partial charge in [0.25, 0.3) is 0 Å². The molecule has 2 rings (SSSR count). The zero-order valence-corrected chi connectivity index (χ0v) is 8.57. The van der Waals surface area contributed by atoms with Crippen molar-refractivity contribution in [1.29, 1.82) is 0 Å². The molecule has 1 saturated carbocycles. The van der Waals surface area contributed by atoms with Crippen LogP contribution in [0.1, 0.15) is 20.3 Å². The van der Waals surface area contributed by atoms with Gasteiger partial charge in [-0.05, 0) is 18.6 Å². The molecule has 14 heavy (non-hydrogen) atoms. The Kier molecular flexibility index (Phi) is 2.19. The van der Waals surface area contributed by atoms with E-state index < -0.39 is 0 Å². The smallest absolute Gasteiger partial charge is 0.0630 e. The van der Waals surface area contributed by atoms with Crippen LogP contribution in [0.2, 0.25) is 0 Å². The fourth-order valence-corrected chi connectivity index (χ4v) is 1.80. The van der Waals surface area contributed by atoms with E-state index >= 15 is 0 Å². The van der Waals surface area contributed by atoms with Crippen molar-refractivity contribution >= 4 is 5.69 Å². The lowest BCUT2D eigenvalue weighted by molar-refractivity contribution is -0.0510. The van der Waals surface area contributed by atoms with Gasteiger partial charge in [-0.2, -0.15) is 0 Å². The van der Waals surface area contributed by atoms with Crippen LogP contribution in [0.3, 0.4) is 0 Å². The van der Waals surface area contributed by atoms with E-state index in [2.05, 4.69) is 24.1 Å². The molecule has 0 spiro atoms. The standard InChI is InChI=1S/C11H16N2O/c1-11(2)9(6-10(11)14)13-8-4-3-5-12-7-8/h3-5,7,9-10,13-14H,6H2,1-2H3. The number of anilines is 1.